The standard InChI is InChI=1S/C22H23BrClN3/c1-17-2-4-18(5-3-17)14-25-27(16-20-6-10-21(23)11-7-20)26-15-19-8-12-22(24)13-9-19/h2-13,25-26H,14-16H2,1H3. The summed E-state index contributed by atoms with van der Waals surface area (Å²) in [5.74, 6) is 0. The number of nitrogens with zero attached hydrogens (tertiary/aromatic N) is 1. The minimum absolute atomic E-state index is 0.717. The van der Waals surface area contributed by atoms with E-state index in [-0.39, 0.29) is 0 Å². The van der Waals surface area contributed by atoms with Crippen molar-refractivity contribution in [3.8, 4) is 0 Å². The highest BCUT2D eigenvalue weighted by atomic mass is 79.9. The van der Waals surface area contributed by atoms with Gasteiger partial charge in [-0.15, -0.1) is 0 Å². The van der Waals surface area contributed by atoms with Crippen LogP contribution >= 0.6 is 27.5 Å². The minimum atomic E-state index is 0.717. The molecule has 0 aliphatic rings. The van der Waals surface area contributed by atoms with Gasteiger partial charge in [-0.3, -0.25) is 0 Å². The van der Waals surface area contributed by atoms with Crippen LogP contribution in [0.15, 0.2) is 77.3 Å². The Hall–Kier alpha value is -1.69. The highest BCUT2D eigenvalue weighted by molar-refractivity contribution is 9.10. The second-order valence-corrected chi connectivity index (χ2v) is 7.85. The fourth-order valence-electron chi connectivity index (χ4n) is 2.62. The molecule has 0 aliphatic heterocycles. The predicted octanol–water partition coefficient (Wildman–Crippen LogP) is 5.62. The first-order chi connectivity index (χ1) is 13.1. The molecule has 0 radical (unpaired) electrons. The van der Waals surface area contributed by atoms with Gasteiger partial charge in [-0.2, -0.15) is 5.12 Å². The zero-order chi connectivity index (χ0) is 19.1. The summed E-state index contributed by atoms with van der Waals surface area (Å²) in [6.07, 6.45) is 0. The first kappa shape index (κ1) is 20.1. The zero-order valence-electron chi connectivity index (χ0n) is 15.3. The maximum Gasteiger partial charge on any atom is 0.0538 e. The molecule has 5 heteroatoms. The van der Waals surface area contributed by atoms with Crippen molar-refractivity contribution in [2.75, 3.05) is 0 Å². The molecule has 0 amide bonds. The van der Waals surface area contributed by atoms with E-state index in [4.69, 9.17) is 11.6 Å². The smallest absolute Gasteiger partial charge is 0.0538 e. The van der Waals surface area contributed by atoms with Crippen molar-refractivity contribution in [1.29, 1.82) is 0 Å². The summed E-state index contributed by atoms with van der Waals surface area (Å²) >= 11 is 9.47. The van der Waals surface area contributed by atoms with Crippen molar-refractivity contribution in [1.82, 2.24) is 16.0 Å². The van der Waals surface area contributed by atoms with Crippen molar-refractivity contribution in [2.24, 2.45) is 0 Å². The Labute approximate surface area is 174 Å². The molecule has 0 saturated carbocycles. The minimum Gasteiger partial charge on any atom is -0.237 e. The zero-order valence-corrected chi connectivity index (χ0v) is 17.6. The van der Waals surface area contributed by atoms with Crippen molar-refractivity contribution < 1.29 is 0 Å². The summed E-state index contributed by atoms with van der Waals surface area (Å²) in [7, 11) is 0. The Morgan fingerprint density at radius 1 is 0.741 bits per heavy atom. The monoisotopic (exact) mass is 443 g/mol. The predicted molar refractivity (Wildman–Crippen MR) is 116 cm³/mol. The quantitative estimate of drug-likeness (QED) is 0.441. The van der Waals surface area contributed by atoms with Gasteiger partial charge < -0.3 is 0 Å². The van der Waals surface area contributed by atoms with Gasteiger partial charge >= 0.3 is 0 Å². The molecule has 0 unspecified atom stereocenters. The Kier molecular flexibility index (Phi) is 7.44. The Balaban J connectivity index is 1.63. The first-order valence-corrected chi connectivity index (χ1v) is 10.0. The molecule has 27 heavy (non-hydrogen) atoms. The van der Waals surface area contributed by atoms with Crippen LogP contribution in [-0.2, 0) is 19.6 Å². The topological polar surface area (TPSA) is 27.3 Å². The summed E-state index contributed by atoms with van der Waals surface area (Å²) in [5.41, 5.74) is 11.9. The van der Waals surface area contributed by atoms with Gasteiger partial charge in [0.05, 0.1) is 6.54 Å². The summed E-state index contributed by atoms with van der Waals surface area (Å²) in [4.78, 5) is 0. The highest BCUT2D eigenvalue weighted by Crippen LogP contribution is 2.12. The summed E-state index contributed by atoms with van der Waals surface area (Å²) < 4.78 is 1.08. The first-order valence-electron chi connectivity index (χ1n) is 8.87. The third kappa shape index (κ3) is 6.76. The lowest BCUT2D eigenvalue weighted by Crippen LogP contribution is -2.46. The van der Waals surface area contributed by atoms with Gasteiger partial charge in [0, 0.05) is 22.6 Å². The molecule has 3 aromatic rings. The molecule has 0 spiro atoms. The number of rotatable bonds is 8. The van der Waals surface area contributed by atoms with E-state index in [1.54, 1.807) is 0 Å². The van der Waals surface area contributed by atoms with Gasteiger partial charge in [0.15, 0.2) is 0 Å². The van der Waals surface area contributed by atoms with E-state index in [1.807, 2.05) is 29.4 Å². The van der Waals surface area contributed by atoms with Gasteiger partial charge in [-0.25, -0.2) is 10.9 Å². The highest BCUT2D eigenvalue weighted by Gasteiger charge is 2.06. The SMILES string of the molecule is Cc1ccc(CNN(Cc2ccc(Br)cc2)NCc2ccc(Cl)cc2)cc1. The number of hydrogen-bond acceptors (Lipinski definition) is 3. The van der Waals surface area contributed by atoms with Crippen LogP contribution < -0.4 is 10.9 Å². The molecule has 0 aliphatic carbocycles. The van der Waals surface area contributed by atoms with Crippen molar-refractivity contribution in [3.63, 3.8) is 0 Å². The van der Waals surface area contributed by atoms with Crippen LogP contribution in [0.25, 0.3) is 0 Å². The third-order valence-electron chi connectivity index (χ3n) is 4.24. The molecule has 0 aromatic heterocycles. The lowest BCUT2D eigenvalue weighted by atomic mass is 10.1. The van der Waals surface area contributed by atoms with Crippen molar-refractivity contribution in [3.05, 3.63) is 105 Å². The molecule has 0 saturated heterocycles. The average Bonchev–Trinajstić information content (AvgIpc) is 2.68. The van der Waals surface area contributed by atoms with Crippen LogP contribution in [0.2, 0.25) is 5.02 Å². The molecule has 0 fully saturated rings. The normalized spacial score (nSPS) is 11.1. The maximum absolute atomic E-state index is 5.98. The molecule has 0 bridgehead atoms. The van der Waals surface area contributed by atoms with E-state index in [9.17, 15) is 0 Å². The number of nitrogens with one attached hydrogen (secondary N) is 2. The van der Waals surface area contributed by atoms with Gasteiger partial charge in [0.2, 0.25) is 0 Å². The van der Waals surface area contributed by atoms with Crippen LogP contribution in [0, 0.1) is 6.92 Å². The van der Waals surface area contributed by atoms with Crippen LogP contribution in [-0.4, -0.2) is 5.12 Å². The van der Waals surface area contributed by atoms with E-state index in [0.717, 1.165) is 22.6 Å². The van der Waals surface area contributed by atoms with Gasteiger partial charge in [0.1, 0.15) is 0 Å². The van der Waals surface area contributed by atoms with E-state index in [1.165, 1.54) is 22.3 Å². The lowest BCUT2D eigenvalue weighted by Gasteiger charge is -2.25. The van der Waals surface area contributed by atoms with E-state index in [0.29, 0.717) is 6.54 Å². The van der Waals surface area contributed by atoms with Crippen molar-refractivity contribution in [2.45, 2.75) is 26.6 Å². The Bertz CT molecular complexity index is 783. The molecular formula is C22H23BrClN3. The summed E-state index contributed by atoms with van der Waals surface area (Å²) in [5, 5.41) is 2.79. The molecule has 0 atom stereocenters. The Morgan fingerprint density at radius 3 is 1.78 bits per heavy atom. The number of hydrazine groups is 2. The Morgan fingerprint density at radius 2 is 1.22 bits per heavy atom. The molecule has 3 aromatic carbocycles. The number of benzene rings is 3. The molecular weight excluding hydrogens is 422 g/mol. The second-order valence-electron chi connectivity index (χ2n) is 6.49. The van der Waals surface area contributed by atoms with Crippen LogP contribution in [0.3, 0.4) is 0 Å². The van der Waals surface area contributed by atoms with Crippen LogP contribution in [0.4, 0.5) is 0 Å². The lowest BCUT2D eigenvalue weighted by molar-refractivity contribution is 0.0966. The molecule has 3 rings (SSSR count). The number of halogens is 2. The van der Waals surface area contributed by atoms with E-state index >= 15 is 0 Å². The second kappa shape index (κ2) is 10.0. The number of aryl methyl sites for hydroxylation is 1. The third-order valence-corrected chi connectivity index (χ3v) is 5.02. The van der Waals surface area contributed by atoms with Gasteiger partial charge in [-0.1, -0.05) is 81.6 Å². The van der Waals surface area contributed by atoms with Crippen molar-refractivity contribution >= 4 is 27.5 Å². The van der Waals surface area contributed by atoms with Gasteiger partial charge in [-0.05, 0) is 47.9 Å². The number of hydrogen-bond donors (Lipinski definition) is 2. The largest absolute Gasteiger partial charge is 0.237 e. The van der Waals surface area contributed by atoms with Crippen LogP contribution in [0.5, 0.6) is 0 Å². The molecule has 3 nitrogen and oxygen atoms in total. The fraction of sp³-hybridized carbons (Fsp3) is 0.182. The van der Waals surface area contributed by atoms with Gasteiger partial charge in [0.25, 0.3) is 0 Å². The molecule has 2 N–H and O–H groups in total. The maximum atomic E-state index is 5.98. The molecule has 140 valence electrons. The summed E-state index contributed by atoms with van der Waals surface area (Å²) in [6, 6.07) is 24.8. The fourth-order valence-corrected chi connectivity index (χ4v) is 3.01. The van der Waals surface area contributed by atoms with E-state index < -0.39 is 0 Å². The van der Waals surface area contributed by atoms with Crippen LogP contribution in [0.1, 0.15) is 22.3 Å². The van der Waals surface area contributed by atoms with E-state index in [2.05, 4.69) is 82.2 Å². The summed E-state index contributed by atoms with van der Waals surface area (Å²) in [6.45, 7) is 4.32. The molecule has 0 heterocycles. The average molecular weight is 445 g/mol.